The van der Waals surface area contributed by atoms with Crippen LogP contribution in [0.4, 0.5) is 0 Å². The highest BCUT2D eigenvalue weighted by Crippen LogP contribution is 2.20. The molecule has 3 rings (SSSR count). The lowest BCUT2D eigenvalue weighted by molar-refractivity contribution is -0.134. The number of hydrogen-bond acceptors (Lipinski definition) is 7. The molecule has 0 aliphatic carbocycles. The highest BCUT2D eigenvalue weighted by molar-refractivity contribution is 5.94. The minimum atomic E-state index is -1.34. The number of hydrogen-bond donors (Lipinski definition) is 7. The minimum absolute atomic E-state index is 0.00441. The van der Waals surface area contributed by atoms with Crippen molar-refractivity contribution in [1.82, 2.24) is 26.6 Å². The van der Waals surface area contributed by atoms with Gasteiger partial charge in [-0.3, -0.25) is 28.8 Å². The smallest absolute Gasteiger partial charge is 0.243 e. The lowest BCUT2D eigenvalue weighted by Gasteiger charge is -2.30. The molecule has 0 saturated heterocycles. The van der Waals surface area contributed by atoms with Gasteiger partial charge >= 0.3 is 0 Å². The number of aliphatic hydroxyl groups excluding tert-OH is 1. The molecule has 0 aliphatic rings. The van der Waals surface area contributed by atoms with Crippen LogP contribution in [-0.4, -0.2) is 76.9 Å². The summed E-state index contributed by atoms with van der Waals surface area (Å²) in [5.41, 5.74) is 7.27. The number of primary amides is 1. The lowest BCUT2D eigenvalue weighted by atomic mass is 9.94. The van der Waals surface area contributed by atoms with Crippen molar-refractivity contribution in [1.29, 1.82) is 0 Å². The Labute approximate surface area is 330 Å². The van der Waals surface area contributed by atoms with E-state index in [1.165, 1.54) is 6.92 Å². The summed E-state index contributed by atoms with van der Waals surface area (Å²) < 4.78 is 0. The number of carbonyl (C=O) groups excluding carboxylic acids is 6. The van der Waals surface area contributed by atoms with E-state index in [0.717, 1.165) is 21.9 Å². The second-order valence-corrected chi connectivity index (χ2v) is 15.7. The fourth-order valence-electron chi connectivity index (χ4n) is 6.66. The number of benzene rings is 3. The third-order valence-corrected chi connectivity index (χ3v) is 9.46. The van der Waals surface area contributed by atoms with Crippen molar-refractivity contribution in [3.05, 3.63) is 83.9 Å². The second-order valence-electron chi connectivity index (χ2n) is 15.7. The van der Waals surface area contributed by atoms with Gasteiger partial charge in [0.25, 0.3) is 0 Å². The van der Waals surface area contributed by atoms with E-state index in [0.29, 0.717) is 6.42 Å². The third-order valence-electron chi connectivity index (χ3n) is 9.46. The second kappa shape index (κ2) is 21.7. The van der Waals surface area contributed by atoms with Crippen LogP contribution in [0.1, 0.15) is 78.9 Å². The molecule has 6 amide bonds. The first-order valence-electron chi connectivity index (χ1n) is 19.4. The average molecular weight is 773 g/mol. The SMILES string of the molecule is CC(=O)N[C@@H](Cc1cccc2ccccc12)C(=O)N[C@H](C(=O)N[C@@H](CC(C)C)[C@@H](O)CC(=O)N[C@@H](CC(C)C)C(=O)N[C@@H](Cc1ccccc1)C(N)=O)C(C)C. The Balaban J connectivity index is 1.72. The van der Waals surface area contributed by atoms with Crippen LogP contribution >= 0.6 is 0 Å². The summed E-state index contributed by atoms with van der Waals surface area (Å²) in [5, 5.41) is 27.1. The molecule has 8 N–H and O–H groups in total. The molecule has 0 unspecified atom stereocenters. The van der Waals surface area contributed by atoms with Crippen LogP contribution in [-0.2, 0) is 41.6 Å². The summed E-state index contributed by atoms with van der Waals surface area (Å²) in [4.78, 5) is 78.8. The summed E-state index contributed by atoms with van der Waals surface area (Å²) in [6.45, 7) is 12.5. The van der Waals surface area contributed by atoms with Crippen molar-refractivity contribution in [2.24, 2.45) is 23.5 Å². The van der Waals surface area contributed by atoms with Crippen LogP contribution in [0, 0.1) is 17.8 Å². The molecule has 0 heterocycles. The van der Waals surface area contributed by atoms with E-state index < -0.39 is 78.2 Å². The molecule has 0 bridgehead atoms. The first kappa shape index (κ1) is 45.1. The van der Waals surface area contributed by atoms with E-state index in [2.05, 4.69) is 26.6 Å². The summed E-state index contributed by atoms with van der Waals surface area (Å²) >= 11 is 0. The topological polar surface area (TPSA) is 209 Å². The Bertz CT molecular complexity index is 1790. The molecule has 56 heavy (non-hydrogen) atoms. The molecule has 0 radical (unpaired) electrons. The molecule has 0 aromatic heterocycles. The molecule has 0 saturated carbocycles. The maximum atomic E-state index is 13.8. The number of carbonyl (C=O) groups is 6. The zero-order valence-corrected chi connectivity index (χ0v) is 33.6. The predicted octanol–water partition coefficient (Wildman–Crippen LogP) is 3.05. The standard InChI is InChI=1S/C43H60N6O7/c1-25(2)20-33(37(51)24-38(52)46-35(21-26(3)4)41(54)48-34(40(44)53)22-29-14-9-8-10-15-29)47-43(56)39(27(5)6)49-42(55)36(45-28(7)50)23-31-18-13-17-30-16-11-12-19-32(30)31/h8-19,25-27,33-37,39,51H,20-24H2,1-7H3,(H2,44,53)(H,45,50)(H,46,52)(H,47,56)(H,48,54)(H,49,55)/t33-,34-,35-,36-,37-,39-/m0/s1. The quantitative estimate of drug-likeness (QED) is 0.0861. The van der Waals surface area contributed by atoms with E-state index in [4.69, 9.17) is 5.73 Å². The zero-order valence-electron chi connectivity index (χ0n) is 33.6. The zero-order chi connectivity index (χ0) is 41.5. The highest BCUT2D eigenvalue weighted by Gasteiger charge is 2.33. The first-order chi connectivity index (χ1) is 26.4. The predicted molar refractivity (Wildman–Crippen MR) is 217 cm³/mol. The van der Waals surface area contributed by atoms with E-state index in [-0.39, 0.29) is 37.0 Å². The molecule has 0 aliphatic heterocycles. The maximum Gasteiger partial charge on any atom is 0.243 e. The van der Waals surface area contributed by atoms with Gasteiger partial charge in [0.2, 0.25) is 35.4 Å². The van der Waals surface area contributed by atoms with E-state index in [1.54, 1.807) is 13.8 Å². The first-order valence-corrected chi connectivity index (χ1v) is 19.4. The van der Waals surface area contributed by atoms with Gasteiger partial charge in [-0.15, -0.1) is 0 Å². The van der Waals surface area contributed by atoms with Gasteiger partial charge in [-0.25, -0.2) is 0 Å². The number of rotatable bonds is 21. The Morgan fingerprint density at radius 1 is 0.625 bits per heavy atom. The minimum Gasteiger partial charge on any atom is -0.390 e. The molecular weight excluding hydrogens is 713 g/mol. The van der Waals surface area contributed by atoms with Gasteiger partial charge in [0.05, 0.1) is 18.6 Å². The van der Waals surface area contributed by atoms with Gasteiger partial charge in [-0.1, -0.05) is 114 Å². The Morgan fingerprint density at radius 3 is 1.84 bits per heavy atom. The van der Waals surface area contributed by atoms with Crippen LogP contribution in [0.2, 0.25) is 0 Å². The number of amides is 6. The number of nitrogens with two attached hydrogens (primary N) is 1. The number of nitrogens with one attached hydrogen (secondary N) is 5. The summed E-state index contributed by atoms with van der Waals surface area (Å²) in [5.74, 6) is -3.81. The van der Waals surface area contributed by atoms with Crippen molar-refractivity contribution >= 4 is 46.2 Å². The number of aliphatic hydroxyl groups is 1. The number of fused-ring (bicyclic) bond motifs is 1. The highest BCUT2D eigenvalue weighted by atomic mass is 16.3. The van der Waals surface area contributed by atoms with E-state index in [9.17, 15) is 33.9 Å². The van der Waals surface area contributed by atoms with Gasteiger partial charge < -0.3 is 37.4 Å². The maximum absolute atomic E-state index is 13.8. The van der Waals surface area contributed by atoms with Crippen molar-refractivity contribution in [2.75, 3.05) is 0 Å². The third kappa shape index (κ3) is 14.4. The summed E-state index contributed by atoms with van der Waals surface area (Å²) in [6, 6.07) is 17.7. The Kier molecular flexibility index (Phi) is 17.5. The van der Waals surface area contributed by atoms with E-state index >= 15 is 0 Å². The van der Waals surface area contributed by atoms with Gasteiger partial charge in [0.1, 0.15) is 24.2 Å². The van der Waals surface area contributed by atoms with Gasteiger partial charge in [-0.05, 0) is 52.5 Å². The molecule has 304 valence electrons. The van der Waals surface area contributed by atoms with Crippen LogP contribution < -0.4 is 32.3 Å². The van der Waals surface area contributed by atoms with Crippen molar-refractivity contribution in [3.8, 4) is 0 Å². The van der Waals surface area contributed by atoms with Crippen molar-refractivity contribution < 1.29 is 33.9 Å². The molecular formula is C43H60N6O7. The monoisotopic (exact) mass is 772 g/mol. The van der Waals surface area contributed by atoms with Crippen LogP contribution in [0.3, 0.4) is 0 Å². The molecule has 13 heteroatoms. The molecule has 6 atom stereocenters. The fourth-order valence-corrected chi connectivity index (χ4v) is 6.66. The molecule has 0 fully saturated rings. The summed E-state index contributed by atoms with van der Waals surface area (Å²) in [7, 11) is 0. The van der Waals surface area contributed by atoms with Crippen LogP contribution in [0.15, 0.2) is 72.8 Å². The van der Waals surface area contributed by atoms with Gasteiger partial charge in [0, 0.05) is 19.8 Å². The van der Waals surface area contributed by atoms with Crippen molar-refractivity contribution in [2.45, 2.75) is 117 Å². The molecule has 13 nitrogen and oxygen atoms in total. The van der Waals surface area contributed by atoms with Crippen LogP contribution in [0.5, 0.6) is 0 Å². The lowest BCUT2D eigenvalue weighted by Crippen LogP contribution is -2.58. The molecule has 3 aromatic carbocycles. The summed E-state index contributed by atoms with van der Waals surface area (Å²) in [6.07, 6.45) is -0.847. The van der Waals surface area contributed by atoms with E-state index in [1.807, 2.05) is 100 Å². The molecule has 3 aromatic rings. The van der Waals surface area contributed by atoms with Crippen LogP contribution in [0.25, 0.3) is 10.8 Å². The van der Waals surface area contributed by atoms with Crippen molar-refractivity contribution in [3.63, 3.8) is 0 Å². The average Bonchev–Trinajstić information content (AvgIpc) is 3.12. The largest absolute Gasteiger partial charge is 0.390 e. The normalized spacial score (nSPS) is 14.6. The Morgan fingerprint density at radius 2 is 1.23 bits per heavy atom. The molecule has 0 spiro atoms. The van der Waals surface area contributed by atoms with Gasteiger partial charge in [0.15, 0.2) is 0 Å². The Hall–Kier alpha value is -5.30. The van der Waals surface area contributed by atoms with Gasteiger partial charge in [-0.2, -0.15) is 0 Å². The fraction of sp³-hybridized carbons (Fsp3) is 0.488.